The van der Waals surface area contributed by atoms with Crippen molar-refractivity contribution >= 4 is 46.6 Å². The first kappa shape index (κ1) is 26.6. The van der Waals surface area contributed by atoms with Gasteiger partial charge in [-0.15, -0.1) is 0 Å². The third-order valence-corrected chi connectivity index (χ3v) is 7.16. The summed E-state index contributed by atoms with van der Waals surface area (Å²) in [4.78, 5) is 45.5. The van der Waals surface area contributed by atoms with E-state index in [0.29, 0.717) is 29.4 Å². The van der Waals surface area contributed by atoms with E-state index in [4.69, 9.17) is 21.3 Å². The zero-order valence-corrected chi connectivity index (χ0v) is 22.7. The van der Waals surface area contributed by atoms with Crippen LogP contribution in [0.25, 0.3) is 0 Å². The van der Waals surface area contributed by atoms with Crippen LogP contribution in [-0.4, -0.2) is 62.6 Å². The first-order valence-electron chi connectivity index (χ1n) is 12.3. The van der Waals surface area contributed by atoms with Crippen molar-refractivity contribution in [3.05, 3.63) is 85.9 Å². The number of carbonyl (C=O) groups excluding carboxylic acids is 2. The monoisotopic (exact) mass is 568 g/mol. The first-order valence-corrected chi connectivity index (χ1v) is 13.5. The second-order valence-corrected chi connectivity index (χ2v) is 10.4. The molecule has 11 nitrogen and oxygen atoms in total. The lowest BCUT2D eigenvalue weighted by molar-refractivity contribution is -0.384. The SMILES string of the molecule is CC(C)Oc1cc([N+](=O)[O-])ccc1C1=N[C@@H](c2ccsn2)[C@@H](c2ccc(Cl)cc2)N1C(=O)N1CCNC(=O)C1. The fraction of sp³-hybridized carbons (Fsp3) is 0.308. The van der Waals surface area contributed by atoms with Crippen LogP contribution in [0.2, 0.25) is 5.02 Å². The number of nitro benzene ring substituents is 1. The van der Waals surface area contributed by atoms with E-state index in [1.54, 1.807) is 23.1 Å². The summed E-state index contributed by atoms with van der Waals surface area (Å²) in [6.45, 7) is 4.16. The van der Waals surface area contributed by atoms with Gasteiger partial charge in [0.1, 0.15) is 24.2 Å². The molecule has 3 amide bonds. The predicted octanol–water partition coefficient (Wildman–Crippen LogP) is 4.59. The fourth-order valence-corrected chi connectivity index (χ4v) is 5.33. The Morgan fingerprint density at radius 2 is 2.00 bits per heavy atom. The highest BCUT2D eigenvalue weighted by atomic mass is 35.5. The number of nitrogens with one attached hydrogen (secondary N) is 1. The number of ether oxygens (including phenoxy) is 1. The number of nitro groups is 1. The van der Waals surface area contributed by atoms with Gasteiger partial charge in [0.25, 0.3) is 5.69 Å². The molecule has 3 aromatic rings. The first-order chi connectivity index (χ1) is 18.7. The molecule has 13 heteroatoms. The van der Waals surface area contributed by atoms with Crippen molar-refractivity contribution in [2.24, 2.45) is 4.99 Å². The Labute approximate surface area is 233 Å². The Kier molecular flexibility index (Phi) is 7.49. The molecule has 0 unspecified atom stereocenters. The van der Waals surface area contributed by atoms with E-state index in [-0.39, 0.29) is 35.8 Å². The van der Waals surface area contributed by atoms with E-state index >= 15 is 0 Å². The number of aromatic nitrogens is 1. The number of non-ortho nitro benzene ring substituents is 1. The smallest absolute Gasteiger partial charge is 0.326 e. The van der Waals surface area contributed by atoms with E-state index in [9.17, 15) is 19.7 Å². The Balaban J connectivity index is 1.70. The average Bonchev–Trinajstić information content (AvgIpc) is 3.57. The Morgan fingerprint density at radius 1 is 1.23 bits per heavy atom. The van der Waals surface area contributed by atoms with Crippen LogP contribution in [0.15, 0.2) is 58.9 Å². The minimum Gasteiger partial charge on any atom is -0.490 e. The molecule has 1 fully saturated rings. The van der Waals surface area contributed by atoms with Gasteiger partial charge in [0.15, 0.2) is 0 Å². The van der Waals surface area contributed by atoms with Crippen LogP contribution in [0.4, 0.5) is 10.5 Å². The lowest BCUT2D eigenvalue weighted by atomic mass is 9.97. The molecule has 1 saturated heterocycles. The van der Waals surface area contributed by atoms with Crippen LogP contribution in [0.3, 0.4) is 0 Å². The number of urea groups is 1. The Morgan fingerprint density at radius 3 is 2.64 bits per heavy atom. The maximum absolute atomic E-state index is 14.2. The minimum absolute atomic E-state index is 0.104. The molecule has 3 heterocycles. The number of amidine groups is 1. The second-order valence-electron chi connectivity index (χ2n) is 9.35. The number of carbonyl (C=O) groups is 2. The summed E-state index contributed by atoms with van der Waals surface area (Å²) in [7, 11) is 0. The van der Waals surface area contributed by atoms with E-state index in [2.05, 4.69) is 9.69 Å². The van der Waals surface area contributed by atoms with Gasteiger partial charge in [0, 0.05) is 29.6 Å². The summed E-state index contributed by atoms with van der Waals surface area (Å²) in [6, 6.07) is 11.6. The van der Waals surface area contributed by atoms with Gasteiger partial charge in [-0.2, -0.15) is 4.37 Å². The lowest BCUT2D eigenvalue weighted by Gasteiger charge is -2.35. The Bertz CT molecular complexity index is 1430. The number of nitrogens with zero attached hydrogens (tertiary/aromatic N) is 5. The summed E-state index contributed by atoms with van der Waals surface area (Å²) in [5.74, 6) is 0.237. The topological polar surface area (TPSA) is 130 Å². The van der Waals surface area contributed by atoms with Gasteiger partial charge in [-0.3, -0.25) is 24.8 Å². The predicted molar refractivity (Wildman–Crippen MR) is 146 cm³/mol. The van der Waals surface area contributed by atoms with Gasteiger partial charge < -0.3 is 15.0 Å². The van der Waals surface area contributed by atoms with Crippen molar-refractivity contribution in [2.75, 3.05) is 19.6 Å². The summed E-state index contributed by atoms with van der Waals surface area (Å²) < 4.78 is 10.5. The summed E-state index contributed by atoms with van der Waals surface area (Å²) >= 11 is 7.45. The third kappa shape index (κ3) is 5.43. The van der Waals surface area contributed by atoms with E-state index in [0.717, 1.165) is 5.56 Å². The molecular formula is C26H25ClN6O5S. The van der Waals surface area contributed by atoms with Crippen molar-refractivity contribution in [1.29, 1.82) is 0 Å². The molecule has 2 aliphatic heterocycles. The number of piperazine rings is 1. The van der Waals surface area contributed by atoms with Crippen molar-refractivity contribution in [2.45, 2.75) is 32.0 Å². The zero-order valence-electron chi connectivity index (χ0n) is 21.1. The molecule has 39 heavy (non-hydrogen) atoms. The summed E-state index contributed by atoms with van der Waals surface area (Å²) in [5.41, 5.74) is 1.70. The normalized spacial score (nSPS) is 19.2. The van der Waals surface area contributed by atoms with Gasteiger partial charge in [-0.1, -0.05) is 23.7 Å². The highest BCUT2D eigenvalue weighted by Gasteiger charge is 2.46. The molecule has 2 aliphatic rings. The molecular weight excluding hydrogens is 544 g/mol. The third-order valence-electron chi connectivity index (χ3n) is 6.33. The molecule has 0 saturated carbocycles. The fourth-order valence-electron chi connectivity index (χ4n) is 4.66. The molecule has 202 valence electrons. The van der Waals surface area contributed by atoms with Gasteiger partial charge in [0.05, 0.1) is 34.4 Å². The second kappa shape index (κ2) is 11.0. The molecule has 5 rings (SSSR count). The van der Waals surface area contributed by atoms with Crippen LogP contribution in [-0.2, 0) is 4.79 Å². The van der Waals surface area contributed by atoms with Crippen LogP contribution in [0.5, 0.6) is 5.75 Å². The molecule has 1 aromatic heterocycles. The molecule has 2 aromatic carbocycles. The van der Waals surface area contributed by atoms with Crippen molar-refractivity contribution in [3.8, 4) is 5.75 Å². The molecule has 0 radical (unpaired) electrons. The average molecular weight is 569 g/mol. The van der Waals surface area contributed by atoms with Crippen LogP contribution < -0.4 is 10.1 Å². The lowest BCUT2D eigenvalue weighted by Crippen LogP contribution is -2.55. The number of aliphatic imine (C=N–C) groups is 1. The highest BCUT2D eigenvalue weighted by Crippen LogP contribution is 2.45. The molecule has 0 spiro atoms. The van der Waals surface area contributed by atoms with Crippen LogP contribution in [0, 0.1) is 10.1 Å². The van der Waals surface area contributed by atoms with E-state index < -0.39 is 23.0 Å². The van der Waals surface area contributed by atoms with E-state index in [1.807, 2.05) is 37.4 Å². The molecule has 0 aliphatic carbocycles. The zero-order chi connectivity index (χ0) is 27.7. The van der Waals surface area contributed by atoms with Gasteiger partial charge in [-0.25, -0.2) is 4.79 Å². The largest absolute Gasteiger partial charge is 0.490 e. The van der Waals surface area contributed by atoms with Crippen molar-refractivity contribution < 1.29 is 19.2 Å². The summed E-state index contributed by atoms with van der Waals surface area (Å²) in [6.07, 6.45) is -0.302. The van der Waals surface area contributed by atoms with Gasteiger partial charge >= 0.3 is 6.03 Å². The maximum atomic E-state index is 14.2. The van der Waals surface area contributed by atoms with E-state index in [1.165, 1.54) is 28.6 Å². The molecule has 1 N–H and O–H groups in total. The van der Waals surface area contributed by atoms with Crippen LogP contribution in [0.1, 0.15) is 42.8 Å². The number of hydrogen-bond donors (Lipinski definition) is 1. The van der Waals surface area contributed by atoms with Crippen molar-refractivity contribution in [1.82, 2.24) is 19.5 Å². The van der Waals surface area contributed by atoms with Gasteiger partial charge in [0.2, 0.25) is 5.91 Å². The highest BCUT2D eigenvalue weighted by molar-refractivity contribution is 7.03. The number of hydrogen-bond acceptors (Lipinski definition) is 8. The molecule has 0 bridgehead atoms. The summed E-state index contributed by atoms with van der Waals surface area (Å²) in [5, 5.41) is 16.7. The number of rotatable bonds is 6. The standard InChI is InChI=1S/C26H25ClN6O5S/c1-15(2)38-21-13-18(33(36)37)7-8-19(21)25-29-23(20-9-12-39-30-20)24(16-3-5-17(27)6-4-16)32(25)26(35)31-11-10-28-22(34)14-31/h3-9,12-13,15,23-24H,10-11,14H2,1-2H3,(H,28,34)/t23-,24+/m0/s1. The van der Waals surface area contributed by atoms with Crippen LogP contribution >= 0.6 is 23.1 Å². The minimum atomic E-state index is -0.626. The maximum Gasteiger partial charge on any atom is 0.326 e. The quantitative estimate of drug-likeness (QED) is 0.342. The number of benzene rings is 2. The Hall–Kier alpha value is -4.03. The number of halogens is 1. The van der Waals surface area contributed by atoms with Gasteiger partial charge in [-0.05, 0) is 55.2 Å². The molecule has 2 atom stereocenters. The number of amides is 3. The van der Waals surface area contributed by atoms with Crippen molar-refractivity contribution in [3.63, 3.8) is 0 Å².